The summed E-state index contributed by atoms with van der Waals surface area (Å²) < 4.78 is 0. The van der Waals surface area contributed by atoms with Crippen molar-refractivity contribution in [3.8, 4) is 11.3 Å². The molecule has 0 radical (unpaired) electrons. The van der Waals surface area contributed by atoms with Gasteiger partial charge in [-0.3, -0.25) is 4.98 Å². The molecule has 0 saturated heterocycles. The standard InChI is InChI=1S/C16H13ClN4OS/c17-12-1-3-13(4-2-12)20-16(22)19-9-15-21-14(10-23-15)11-5-7-18-8-6-11/h1-8,10H,9H2,(H2,19,20,22). The lowest BCUT2D eigenvalue weighted by molar-refractivity contribution is 0.251. The van der Waals surface area contributed by atoms with Crippen LogP contribution >= 0.6 is 22.9 Å². The molecule has 3 rings (SSSR count). The van der Waals surface area contributed by atoms with Gasteiger partial charge in [-0.25, -0.2) is 9.78 Å². The molecule has 0 bridgehead atoms. The molecular formula is C16H13ClN4OS. The van der Waals surface area contributed by atoms with Crippen molar-refractivity contribution in [2.45, 2.75) is 6.54 Å². The van der Waals surface area contributed by atoms with Crippen molar-refractivity contribution >= 4 is 34.7 Å². The van der Waals surface area contributed by atoms with Crippen molar-refractivity contribution in [2.24, 2.45) is 0 Å². The zero-order valence-electron chi connectivity index (χ0n) is 12.0. The Morgan fingerprint density at radius 2 is 1.87 bits per heavy atom. The zero-order valence-corrected chi connectivity index (χ0v) is 13.6. The number of anilines is 1. The number of nitrogens with one attached hydrogen (secondary N) is 2. The predicted molar refractivity (Wildman–Crippen MR) is 92.7 cm³/mol. The lowest BCUT2D eigenvalue weighted by Crippen LogP contribution is -2.28. The molecule has 2 N–H and O–H groups in total. The summed E-state index contributed by atoms with van der Waals surface area (Å²) in [5.74, 6) is 0. The Labute approximate surface area is 142 Å². The quantitative estimate of drug-likeness (QED) is 0.746. The summed E-state index contributed by atoms with van der Waals surface area (Å²) in [6.45, 7) is 0.370. The highest BCUT2D eigenvalue weighted by Gasteiger charge is 2.06. The number of nitrogens with zero attached hydrogens (tertiary/aromatic N) is 2. The van der Waals surface area contributed by atoms with Gasteiger partial charge in [0.25, 0.3) is 0 Å². The van der Waals surface area contributed by atoms with Gasteiger partial charge >= 0.3 is 6.03 Å². The minimum absolute atomic E-state index is 0.284. The van der Waals surface area contributed by atoms with E-state index in [1.807, 2.05) is 17.5 Å². The van der Waals surface area contributed by atoms with E-state index in [1.54, 1.807) is 36.7 Å². The normalized spacial score (nSPS) is 10.3. The number of rotatable bonds is 4. The first kappa shape index (κ1) is 15.5. The van der Waals surface area contributed by atoms with Gasteiger partial charge in [0.15, 0.2) is 0 Å². The molecule has 23 heavy (non-hydrogen) atoms. The van der Waals surface area contributed by atoms with Crippen LogP contribution in [0.1, 0.15) is 5.01 Å². The summed E-state index contributed by atoms with van der Waals surface area (Å²) in [6, 6.07) is 10.4. The third-order valence-electron chi connectivity index (χ3n) is 3.03. The van der Waals surface area contributed by atoms with Crippen molar-refractivity contribution in [1.29, 1.82) is 0 Å². The van der Waals surface area contributed by atoms with Crippen LogP contribution in [-0.4, -0.2) is 16.0 Å². The molecule has 0 spiro atoms. The van der Waals surface area contributed by atoms with Crippen molar-refractivity contribution in [2.75, 3.05) is 5.32 Å². The summed E-state index contributed by atoms with van der Waals surface area (Å²) in [7, 11) is 0. The summed E-state index contributed by atoms with van der Waals surface area (Å²) in [5.41, 5.74) is 2.57. The van der Waals surface area contributed by atoms with E-state index in [0.717, 1.165) is 16.3 Å². The predicted octanol–water partition coefficient (Wildman–Crippen LogP) is 4.18. The molecule has 0 atom stereocenters. The van der Waals surface area contributed by atoms with Gasteiger partial charge in [0.2, 0.25) is 0 Å². The summed E-state index contributed by atoms with van der Waals surface area (Å²) in [4.78, 5) is 20.3. The van der Waals surface area contributed by atoms with E-state index in [2.05, 4.69) is 20.6 Å². The Balaban J connectivity index is 1.55. The Morgan fingerprint density at radius 3 is 2.61 bits per heavy atom. The maximum Gasteiger partial charge on any atom is 0.319 e. The average Bonchev–Trinajstić information content (AvgIpc) is 3.05. The minimum atomic E-state index is -0.284. The van der Waals surface area contributed by atoms with Crippen molar-refractivity contribution in [1.82, 2.24) is 15.3 Å². The highest BCUT2D eigenvalue weighted by atomic mass is 35.5. The van der Waals surface area contributed by atoms with E-state index >= 15 is 0 Å². The molecule has 2 amide bonds. The monoisotopic (exact) mass is 344 g/mol. The highest BCUT2D eigenvalue weighted by molar-refractivity contribution is 7.09. The fourth-order valence-corrected chi connectivity index (χ4v) is 2.78. The Hall–Kier alpha value is -2.44. The van der Waals surface area contributed by atoms with E-state index < -0.39 is 0 Å². The van der Waals surface area contributed by atoms with Gasteiger partial charge in [0.1, 0.15) is 5.01 Å². The number of aromatic nitrogens is 2. The fourth-order valence-electron chi connectivity index (χ4n) is 1.91. The van der Waals surface area contributed by atoms with E-state index in [0.29, 0.717) is 17.3 Å². The minimum Gasteiger partial charge on any atom is -0.331 e. The van der Waals surface area contributed by atoms with E-state index in [1.165, 1.54) is 11.3 Å². The van der Waals surface area contributed by atoms with Gasteiger partial charge in [0, 0.05) is 34.0 Å². The Bertz CT molecular complexity index is 789. The van der Waals surface area contributed by atoms with Crippen LogP contribution in [-0.2, 0) is 6.54 Å². The maximum atomic E-state index is 11.9. The number of carbonyl (C=O) groups is 1. The second-order valence-corrected chi connectivity index (χ2v) is 6.06. The van der Waals surface area contributed by atoms with Crippen LogP contribution in [0.5, 0.6) is 0 Å². The van der Waals surface area contributed by atoms with E-state index in [4.69, 9.17) is 11.6 Å². The van der Waals surface area contributed by atoms with Crippen molar-refractivity contribution in [3.05, 3.63) is 64.2 Å². The van der Waals surface area contributed by atoms with Crippen LogP contribution < -0.4 is 10.6 Å². The topological polar surface area (TPSA) is 66.9 Å². The number of halogens is 1. The number of thiazole rings is 1. The molecule has 0 aliphatic rings. The number of urea groups is 1. The summed E-state index contributed by atoms with van der Waals surface area (Å²) in [5, 5.41) is 8.94. The third-order valence-corrected chi connectivity index (χ3v) is 4.13. The number of pyridine rings is 1. The van der Waals surface area contributed by atoms with E-state index in [9.17, 15) is 4.79 Å². The van der Waals surface area contributed by atoms with Gasteiger partial charge in [-0.15, -0.1) is 11.3 Å². The second kappa shape index (κ2) is 7.21. The van der Waals surface area contributed by atoms with Crippen LogP contribution in [0.15, 0.2) is 54.2 Å². The van der Waals surface area contributed by atoms with Crippen LogP contribution in [0.4, 0.5) is 10.5 Å². The number of carbonyl (C=O) groups excluding carboxylic acids is 1. The largest absolute Gasteiger partial charge is 0.331 e. The molecule has 2 aromatic heterocycles. The van der Waals surface area contributed by atoms with Crippen LogP contribution in [0.2, 0.25) is 5.02 Å². The zero-order chi connectivity index (χ0) is 16.1. The number of benzene rings is 1. The lowest BCUT2D eigenvalue weighted by Gasteiger charge is -2.06. The number of amides is 2. The Morgan fingerprint density at radius 1 is 1.13 bits per heavy atom. The number of hydrogen-bond acceptors (Lipinski definition) is 4. The van der Waals surface area contributed by atoms with Gasteiger partial charge in [-0.05, 0) is 36.4 Å². The molecule has 2 heterocycles. The maximum absolute atomic E-state index is 11.9. The Kier molecular flexibility index (Phi) is 4.85. The summed E-state index contributed by atoms with van der Waals surface area (Å²) in [6.07, 6.45) is 3.46. The summed E-state index contributed by atoms with van der Waals surface area (Å²) >= 11 is 7.31. The van der Waals surface area contributed by atoms with Gasteiger partial charge in [-0.2, -0.15) is 0 Å². The SMILES string of the molecule is O=C(NCc1nc(-c2ccncc2)cs1)Nc1ccc(Cl)cc1. The molecule has 1 aromatic carbocycles. The first-order valence-corrected chi connectivity index (χ1v) is 8.12. The van der Waals surface area contributed by atoms with Gasteiger partial charge in [-0.1, -0.05) is 11.6 Å². The van der Waals surface area contributed by atoms with Crippen molar-refractivity contribution in [3.63, 3.8) is 0 Å². The molecule has 0 fully saturated rings. The van der Waals surface area contributed by atoms with Gasteiger partial charge < -0.3 is 10.6 Å². The van der Waals surface area contributed by atoms with E-state index in [-0.39, 0.29) is 6.03 Å². The smallest absolute Gasteiger partial charge is 0.319 e. The van der Waals surface area contributed by atoms with Crippen molar-refractivity contribution < 1.29 is 4.79 Å². The first-order chi connectivity index (χ1) is 11.2. The second-order valence-electron chi connectivity index (χ2n) is 4.68. The molecule has 5 nitrogen and oxygen atoms in total. The van der Waals surface area contributed by atoms with Crippen LogP contribution in [0.25, 0.3) is 11.3 Å². The third kappa shape index (κ3) is 4.28. The fraction of sp³-hybridized carbons (Fsp3) is 0.0625. The molecule has 3 aromatic rings. The molecule has 0 aliphatic heterocycles. The van der Waals surface area contributed by atoms with Crippen LogP contribution in [0, 0.1) is 0 Å². The van der Waals surface area contributed by atoms with Crippen LogP contribution in [0.3, 0.4) is 0 Å². The molecule has 0 aliphatic carbocycles. The molecular weight excluding hydrogens is 332 g/mol. The number of hydrogen-bond donors (Lipinski definition) is 2. The first-order valence-electron chi connectivity index (χ1n) is 6.86. The molecule has 0 saturated carbocycles. The molecule has 0 unspecified atom stereocenters. The average molecular weight is 345 g/mol. The lowest BCUT2D eigenvalue weighted by atomic mass is 10.2. The molecule has 7 heteroatoms. The highest BCUT2D eigenvalue weighted by Crippen LogP contribution is 2.21. The van der Waals surface area contributed by atoms with Gasteiger partial charge in [0.05, 0.1) is 12.2 Å². The molecule has 116 valence electrons.